The summed E-state index contributed by atoms with van der Waals surface area (Å²) in [6, 6.07) is 0.700. The summed E-state index contributed by atoms with van der Waals surface area (Å²) in [5, 5.41) is 0. The van der Waals surface area contributed by atoms with E-state index in [0.717, 1.165) is 0 Å². The van der Waals surface area contributed by atoms with Crippen molar-refractivity contribution >= 4 is 0 Å². The molecule has 0 saturated carbocycles. The van der Waals surface area contributed by atoms with Gasteiger partial charge in [0.25, 0.3) is 0 Å². The maximum atomic E-state index is 2.47. The van der Waals surface area contributed by atoms with Gasteiger partial charge in [-0.3, -0.25) is 0 Å². The lowest BCUT2D eigenvalue weighted by molar-refractivity contribution is 0.237. The van der Waals surface area contributed by atoms with Crippen LogP contribution in [0.3, 0.4) is 0 Å². The minimum atomic E-state index is 0.700. The average molecular weight is 172 g/mol. The quantitative estimate of drug-likeness (QED) is 0.601. The molecule has 0 rings (SSSR count). The Hall–Kier alpha value is -0.0800. The normalized spacial score (nSPS) is 14.2. The van der Waals surface area contributed by atoms with Crippen LogP contribution in [0.1, 0.15) is 27.2 Å². The second kappa shape index (κ2) is 6.44. The highest BCUT2D eigenvalue weighted by Crippen LogP contribution is 2.00. The lowest BCUT2D eigenvalue weighted by Crippen LogP contribution is -2.31. The van der Waals surface area contributed by atoms with Crippen molar-refractivity contribution in [3.63, 3.8) is 0 Å². The van der Waals surface area contributed by atoms with Gasteiger partial charge >= 0.3 is 0 Å². The van der Waals surface area contributed by atoms with Crippen molar-refractivity contribution < 1.29 is 0 Å². The van der Waals surface area contributed by atoms with Crippen LogP contribution in [0.15, 0.2) is 0 Å². The second-order valence-corrected chi connectivity index (χ2v) is 3.63. The molecule has 0 saturated heterocycles. The van der Waals surface area contributed by atoms with Gasteiger partial charge in [-0.25, -0.2) is 0 Å². The van der Waals surface area contributed by atoms with Gasteiger partial charge in [-0.1, -0.05) is 13.8 Å². The summed E-state index contributed by atoms with van der Waals surface area (Å²) in [5.74, 6) is 0. The van der Waals surface area contributed by atoms with E-state index in [2.05, 4.69) is 44.7 Å². The first-order valence-corrected chi connectivity index (χ1v) is 5.00. The van der Waals surface area contributed by atoms with Gasteiger partial charge in [0.2, 0.25) is 0 Å². The molecule has 0 aromatic carbocycles. The van der Waals surface area contributed by atoms with Crippen molar-refractivity contribution in [2.24, 2.45) is 0 Å². The molecule has 12 heavy (non-hydrogen) atoms. The predicted octanol–water partition coefficient (Wildman–Crippen LogP) is 1.67. The topological polar surface area (TPSA) is 6.48 Å². The van der Waals surface area contributed by atoms with Crippen LogP contribution in [0.5, 0.6) is 0 Å². The molecule has 2 nitrogen and oxygen atoms in total. The zero-order chi connectivity index (χ0) is 9.56. The summed E-state index contributed by atoms with van der Waals surface area (Å²) in [6.45, 7) is 10.3. The molecular formula is C10H24N2. The van der Waals surface area contributed by atoms with Crippen LogP contribution in [0.2, 0.25) is 0 Å². The summed E-state index contributed by atoms with van der Waals surface area (Å²) in [6.07, 6.45) is 1.27. The van der Waals surface area contributed by atoms with Crippen molar-refractivity contribution in [1.82, 2.24) is 9.80 Å². The van der Waals surface area contributed by atoms with E-state index in [4.69, 9.17) is 0 Å². The van der Waals surface area contributed by atoms with Crippen molar-refractivity contribution in [1.29, 1.82) is 0 Å². The molecule has 0 spiro atoms. The molecule has 0 amide bonds. The van der Waals surface area contributed by atoms with Crippen LogP contribution >= 0.6 is 0 Å². The first-order chi connectivity index (χ1) is 5.61. The molecule has 0 aliphatic rings. The molecule has 0 unspecified atom stereocenters. The first-order valence-electron chi connectivity index (χ1n) is 5.00. The molecule has 1 atom stereocenters. The Kier molecular flexibility index (Phi) is 6.39. The molecule has 0 aromatic rings. The maximum absolute atomic E-state index is 2.47. The molecule has 74 valence electrons. The van der Waals surface area contributed by atoms with Gasteiger partial charge in [-0.05, 0) is 47.1 Å². The monoisotopic (exact) mass is 172 g/mol. The van der Waals surface area contributed by atoms with E-state index in [1.54, 1.807) is 0 Å². The molecule has 0 heterocycles. The predicted molar refractivity (Wildman–Crippen MR) is 55.6 cm³/mol. The summed E-state index contributed by atoms with van der Waals surface area (Å²) >= 11 is 0. The molecule has 0 aromatic heterocycles. The largest absolute Gasteiger partial charge is 0.307 e. The van der Waals surface area contributed by atoms with Gasteiger partial charge in [-0.2, -0.15) is 0 Å². The lowest BCUT2D eigenvalue weighted by Gasteiger charge is -2.24. The third-order valence-electron chi connectivity index (χ3n) is 2.64. The van der Waals surface area contributed by atoms with Crippen molar-refractivity contribution in [2.45, 2.75) is 33.2 Å². The van der Waals surface area contributed by atoms with E-state index in [1.165, 1.54) is 26.1 Å². The number of hydrogen-bond donors (Lipinski definition) is 0. The third kappa shape index (κ3) is 4.73. The molecule has 0 aliphatic heterocycles. The van der Waals surface area contributed by atoms with Gasteiger partial charge in [0.15, 0.2) is 0 Å². The van der Waals surface area contributed by atoms with E-state index >= 15 is 0 Å². The van der Waals surface area contributed by atoms with Crippen molar-refractivity contribution in [3.05, 3.63) is 0 Å². The Balaban J connectivity index is 3.51. The van der Waals surface area contributed by atoms with Gasteiger partial charge in [0.05, 0.1) is 0 Å². The molecule has 0 aliphatic carbocycles. The fourth-order valence-corrected chi connectivity index (χ4v) is 1.17. The van der Waals surface area contributed by atoms with Crippen LogP contribution in [-0.4, -0.2) is 49.6 Å². The Morgan fingerprint density at radius 3 is 1.92 bits per heavy atom. The SMILES string of the molecule is CCN(CC)CC[C@@H](C)N(C)C. The zero-order valence-corrected chi connectivity index (χ0v) is 9.30. The van der Waals surface area contributed by atoms with E-state index in [0.29, 0.717) is 6.04 Å². The van der Waals surface area contributed by atoms with Gasteiger partial charge in [0, 0.05) is 6.04 Å². The minimum Gasteiger partial charge on any atom is -0.307 e. The number of nitrogens with zero attached hydrogens (tertiary/aromatic N) is 2. The Morgan fingerprint density at radius 2 is 1.58 bits per heavy atom. The van der Waals surface area contributed by atoms with Crippen molar-refractivity contribution in [3.8, 4) is 0 Å². The first kappa shape index (κ1) is 11.9. The molecule has 0 bridgehead atoms. The molecule has 0 fully saturated rings. The lowest BCUT2D eigenvalue weighted by atomic mass is 10.2. The molecule has 0 radical (unpaired) electrons. The summed E-state index contributed by atoms with van der Waals surface area (Å²) < 4.78 is 0. The second-order valence-electron chi connectivity index (χ2n) is 3.63. The summed E-state index contributed by atoms with van der Waals surface area (Å²) in [4.78, 5) is 4.75. The number of hydrogen-bond acceptors (Lipinski definition) is 2. The molecular weight excluding hydrogens is 148 g/mol. The Bertz CT molecular complexity index is 96.0. The van der Waals surface area contributed by atoms with E-state index < -0.39 is 0 Å². The van der Waals surface area contributed by atoms with Crippen LogP contribution in [0.4, 0.5) is 0 Å². The van der Waals surface area contributed by atoms with Crippen LogP contribution in [-0.2, 0) is 0 Å². The van der Waals surface area contributed by atoms with E-state index in [9.17, 15) is 0 Å². The summed E-state index contributed by atoms with van der Waals surface area (Å²) in [5.41, 5.74) is 0. The van der Waals surface area contributed by atoms with Crippen LogP contribution in [0.25, 0.3) is 0 Å². The highest BCUT2D eigenvalue weighted by atomic mass is 15.1. The van der Waals surface area contributed by atoms with Gasteiger partial charge in [-0.15, -0.1) is 0 Å². The van der Waals surface area contributed by atoms with Crippen LogP contribution < -0.4 is 0 Å². The van der Waals surface area contributed by atoms with Gasteiger partial charge < -0.3 is 9.80 Å². The number of rotatable bonds is 6. The Morgan fingerprint density at radius 1 is 1.08 bits per heavy atom. The Labute approximate surface area is 77.5 Å². The highest BCUT2D eigenvalue weighted by Gasteiger charge is 2.06. The van der Waals surface area contributed by atoms with Crippen LogP contribution in [0, 0.1) is 0 Å². The smallest absolute Gasteiger partial charge is 0.00730 e. The maximum Gasteiger partial charge on any atom is 0.00730 e. The fraction of sp³-hybridized carbons (Fsp3) is 1.00. The zero-order valence-electron chi connectivity index (χ0n) is 9.30. The third-order valence-corrected chi connectivity index (χ3v) is 2.64. The average Bonchev–Trinajstić information content (AvgIpc) is 2.05. The summed E-state index contributed by atoms with van der Waals surface area (Å²) in [7, 11) is 4.29. The highest BCUT2D eigenvalue weighted by molar-refractivity contribution is 4.62. The minimum absolute atomic E-state index is 0.700. The molecule has 2 heteroatoms. The van der Waals surface area contributed by atoms with Crippen molar-refractivity contribution in [2.75, 3.05) is 33.7 Å². The van der Waals surface area contributed by atoms with E-state index in [-0.39, 0.29) is 0 Å². The van der Waals surface area contributed by atoms with E-state index in [1.807, 2.05) is 0 Å². The van der Waals surface area contributed by atoms with Gasteiger partial charge in [0.1, 0.15) is 0 Å². The molecule has 0 N–H and O–H groups in total. The fourth-order valence-electron chi connectivity index (χ4n) is 1.17. The standard InChI is InChI=1S/C10H24N2/c1-6-12(7-2)9-8-10(3)11(4)5/h10H,6-9H2,1-5H3/t10-/m1/s1.